The highest BCUT2D eigenvalue weighted by molar-refractivity contribution is 5.39. The molecule has 2 aromatic rings. The van der Waals surface area contributed by atoms with Gasteiger partial charge in [-0.15, -0.1) is 0 Å². The minimum absolute atomic E-state index is 0.0311. The van der Waals surface area contributed by atoms with Crippen LogP contribution in [-0.4, -0.2) is 4.57 Å². The summed E-state index contributed by atoms with van der Waals surface area (Å²) in [5.41, 5.74) is 7.55. The Bertz CT molecular complexity index is 479. The molecule has 3 heteroatoms. The van der Waals surface area contributed by atoms with Gasteiger partial charge in [0, 0.05) is 36.8 Å². The largest absolute Gasteiger partial charge is 0.399 e. The summed E-state index contributed by atoms with van der Waals surface area (Å²) in [6.07, 6.45) is 3.55. The summed E-state index contributed by atoms with van der Waals surface area (Å²) in [4.78, 5) is 10.9. The first kappa shape index (κ1) is 9.52. The van der Waals surface area contributed by atoms with Gasteiger partial charge in [0.15, 0.2) is 5.43 Å². The first-order chi connectivity index (χ1) is 7.24. The van der Waals surface area contributed by atoms with Gasteiger partial charge >= 0.3 is 0 Å². The molecular weight excluding hydrogens is 188 g/mol. The second-order valence-electron chi connectivity index (χ2n) is 3.45. The lowest BCUT2D eigenvalue weighted by Crippen LogP contribution is -2.04. The van der Waals surface area contributed by atoms with Gasteiger partial charge in [0.2, 0.25) is 0 Å². The molecule has 0 unspecified atom stereocenters. The van der Waals surface area contributed by atoms with Gasteiger partial charge in [-0.3, -0.25) is 4.79 Å². The van der Waals surface area contributed by atoms with Gasteiger partial charge in [0.1, 0.15) is 0 Å². The number of benzene rings is 1. The van der Waals surface area contributed by atoms with Crippen LogP contribution < -0.4 is 11.2 Å². The summed E-state index contributed by atoms with van der Waals surface area (Å²) in [6.45, 7) is 0.751. The van der Waals surface area contributed by atoms with Crippen molar-refractivity contribution in [3.63, 3.8) is 0 Å². The Morgan fingerprint density at radius 2 is 1.60 bits per heavy atom. The van der Waals surface area contributed by atoms with Crippen molar-refractivity contribution >= 4 is 5.69 Å². The van der Waals surface area contributed by atoms with Crippen LogP contribution in [0.1, 0.15) is 5.56 Å². The van der Waals surface area contributed by atoms with E-state index < -0.39 is 0 Å². The topological polar surface area (TPSA) is 48.0 Å². The van der Waals surface area contributed by atoms with Crippen LogP contribution in [0.2, 0.25) is 0 Å². The highest BCUT2D eigenvalue weighted by Crippen LogP contribution is 2.06. The Hall–Kier alpha value is -2.03. The molecule has 15 heavy (non-hydrogen) atoms. The third-order valence-electron chi connectivity index (χ3n) is 2.21. The Morgan fingerprint density at radius 3 is 2.20 bits per heavy atom. The van der Waals surface area contributed by atoms with Crippen molar-refractivity contribution in [2.24, 2.45) is 0 Å². The predicted octanol–water partition coefficient (Wildman–Crippen LogP) is 1.48. The van der Waals surface area contributed by atoms with Crippen molar-refractivity contribution in [1.29, 1.82) is 0 Å². The Kier molecular flexibility index (Phi) is 2.54. The third kappa shape index (κ3) is 2.47. The van der Waals surface area contributed by atoms with E-state index >= 15 is 0 Å². The number of nitrogen functional groups attached to an aromatic ring is 1. The van der Waals surface area contributed by atoms with Crippen molar-refractivity contribution in [3.05, 3.63) is 64.6 Å². The van der Waals surface area contributed by atoms with Crippen molar-refractivity contribution < 1.29 is 0 Å². The van der Waals surface area contributed by atoms with E-state index in [9.17, 15) is 4.79 Å². The van der Waals surface area contributed by atoms with E-state index in [1.165, 1.54) is 0 Å². The average molecular weight is 200 g/mol. The average Bonchev–Trinajstić information content (AvgIpc) is 2.25. The highest BCUT2D eigenvalue weighted by atomic mass is 16.1. The zero-order chi connectivity index (χ0) is 10.7. The lowest BCUT2D eigenvalue weighted by atomic mass is 10.2. The minimum atomic E-state index is 0.0311. The van der Waals surface area contributed by atoms with Crippen LogP contribution in [-0.2, 0) is 6.54 Å². The van der Waals surface area contributed by atoms with Gasteiger partial charge < -0.3 is 10.3 Å². The Balaban J connectivity index is 2.18. The highest BCUT2D eigenvalue weighted by Gasteiger charge is 1.93. The maximum Gasteiger partial charge on any atom is 0.181 e. The van der Waals surface area contributed by atoms with E-state index in [1.807, 2.05) is 28.8 Å². The van der Waals surface area contributed by atoms with E-state index in [0.29, 0.717) is 0 Å². The van der Waals surface area contributed by atoms with Crippen LogP contribution in [0.5, 0.6) is 0 Å². The lowest BCUT2D eigenvalue weighted by Gasteiger charge is -2.05. The molecule has 0 radical (unpaired) electrons. The van der Waals surface area contributed by atoms with E-state index in [4.69, 9.17) is 5.73 Å². The fourth-order valence-electron chi connectivity index (χ4n) is 1.38. The fraction of sp³-hybridized carbons (Fsp3) is 0.0833. The smallest absolute Gasteiger partial charge is 0.181 e. The number of nitrogens with zero attached hydrogens (tertiary/aromatic N) is 1. The van der Waals surface area contributed by atoms with Gasteiger partial charge in [0.05, 0.1) is 0 Å². The van der Waals surface area contributed by atoms with Gasteiger partial charge in [0.25, 0.3) is 0 Å². The molecule has 1 heterocycles. The molecule has 0 fully saturated rings. The number of pyridine rings is 1. The Labute approximate surface area is 87.8 Å². The monoisotopic (exact) mass is 200 g/mol. The van der Waals surface area contributed by atoms with Gasteiger partial charge in [-0.25, -0.2) is 0 Å². The molecule has 0 atom stereocenters. The van der Waals surface area contributed by atoms with E-state index in [0.717, 1.165) is 17.8 Å². The van der Waals surface area contributed by atoms with Crippen molar-refractivity contribution in [1.82, 2.24) is 4.57 Å². The molecule has 0 aliphatic heterocycles. The standard InChI is InChI=1S/C12H12N2O/c13-11-3-1-10(2-4-11)9-14-7-5-12(15)6-8-14/h1-8H,9,13H2. The van der Waals surface area contributed by atoms with Crippen LogP contribution in [0.3, 0.4) is 0 Å². The molecule has 0 aliphatic rings. The van der Waals surface area contributed by atoms with Crippen molar-refractivity contribution in [3.8, 4) is 0 Å². The predicted molar refractivity (Wildman–Crippen MR) is 60.7 cm³/mol. The van der Waals surface area contributed by atoms with Crippen LogP contribution in [0.15, 0.2) is 53.6 Å². The fourth-order valence-corrected chi connectivity index (χ4v) is 1.38. The molecule has 0 saturated carbocycles. The number of nitrogens with two attached hydrogens (primary N) is 1. The van der Waals surface area contributed by atoms with E-state index in [-0.39, 0.29) is 5.43 Å². The summed E-state index contributed by atoms with van der Waals surface area (Å²) >= 11 is 0. The number of hydrogen-bond donors (Lipinski definition) is 1. The first-order valence-electron chi connectivity index (χ1n) is 4.74. The summed E-state index contributed by atoms with van der Waals surface area (Å²) in [5.74, 6) is 0. The quantitative estimate of drug-likeness (QED) is 0.746. The molecule has 0 spiro atoms. The molecular formula is C12H12N2O. The summed E-state index contributed by atoms with van der Waals surface area (Å²) < 4.78 is 1.95. The molecule has 2 rings (SSSR count). The number of anilines is 1. The summed E-state index contributed by atoms with van der Waals surface area (Å²) in [6, 6.07) is 10.8. The van der Waals surface area contributed by atoms with Crippen molar-refractivity contribution in [2.75, 3.05) is 5.73 Å². The molecule has 1 aromatic heterocycles. The molecule has 0 amide bonds. The third-order valence-corrected chi connectivity index (χ3v) is 2.21. The number of aromatic nitrogens is 1. The SMILES string of the molecule is Nc1ccc(Cn2ccc(=O)cc2)cc1. The Morgan fingerprint density at radius 1 is 1.00 bits per heavy atom. The van der Waals surface area contributed by atoms with E-state index in [2.05, 4.69) is 0 Å². The molecule has 0 saturated heterocycles. The molecule has 1 aromatic carbocycles. The molecule has 76 valence electrons. The zero-order valence-electron chi connectivity index (χ0n) is 8.26. The van der Waals surface area contributed by atoms with Crippen LogP contribution in [0.4, 0.5) is 5.69 Å². The van der Waals surface area contributed by atoms with Crippen molar-refractivity contribution in [2.45, 2.75) is 6.54 Å². The molecule has 0 bridgehead atoms. The summed E-state index contributed by atoms with van der Waals surface area (Å²) in [5, 5.41) is 0. The lowest BCUT2D eigenvalue weighted by molar-refractivity contribution is 0.789. The first-order valence-corrected chi connectivity index (χ1v) is 4.74. The van der Waals surface area contributed by atoms with Crippen LogP contribution in [0, 0.1) is 0 Å². The molecule has 2 N–H and O–H groups in total. The van der Waals surface area contributed by atoms with Gasteiger partial charge in [-0.05, 0) is 17.7 Å². The maximum absolute atomic E-state index is 10.9. The van der Waals surface area contributed by atoms with Gasteiger partial charge in [-0.1, -0.05) is 12.1 Å². The normalized spacial score (nSPS) is 10.1. The molecule has 3 nitrogen and oxygen atoms in total. The van der Waals surface area contributed by atoms with Gasteiger partial charge in [-0.2, -0.15) is 0 Å². The van der Waals surface area contributed by atoms with Crippen LogP contribution >= 0.6 is 0 Å². The number of rotatable bonds is 2. The minimum Gasteiger partial charge on any atom is -0.399 e. The zero-order valence-corrected chi connectivity index (χ0v) is 8.26. The molecule has 0 aliphatic carbocycles. The second-order valence-corrected chi connectivity index (χ2v) is 3.45. The summed E-state index contributed by atoms with van der Waals surface area (Å²) in [7, 11) is 0. The maximum atomic E-state index is 10.9. The van der Waals surface area contributed by atoms with E-state index in [1.54, 1.807) is 24.5 Å². The number of hydrogen-bond acceptors (Lipinski definition) is 2. The van der Waals surface area contributed by atoms with Crippen LogP contribution in [0.25, 0.3) is 0 Å². The second kappa shape index (κ2) is 4.00.